The Hall–Kier alpha value is -3.98. The van der Waals surface area contributed by atoms with E-state index >= 15 is 0 Å². The van der Waals surface area contributed by atoms with E-state index in [1.807, 2.05) is 24.3 Å². The van der Waals surface area contributed by atoms with E-state index in [0.717, 1.165) is 34.1 Å². The first-order valence-corrected chi connectivity index (χ1v) is 10.6. The Kier molecular flexibility index (Phi) is 6.57. The van der Waals surface area contributed by atoms with E-state index in [1.165, 1.54) is 11.1 Å². The average molecular weight is 422 g/mol. The Balaban J connectivity index is 1.65. The van der Waals surface area contributed by atoms with Crippen molar-refractivity contribution in [2.24, 2.45) is 0 Å². The molecule has 0 heterocycles. The summed E-state index contributed by atoms with van der Waals surface area (Å²) in [5.41, 5.74) is 6.80. The number of nitrogens with zero attached hydrogens (tertiary/aromatic N) is 1. The smallest absolute Gasteiger partial charge is 0.119 e. The number of anilines is 3. The number of hydrogen-bond acceptors (Lipinski definition) is 3. The van der Waals surface area contributed by atoms with E-state index in [1.54, 1.807) is 14.2 Å². The molecule has 3 nitrogen and oxygen atoms in total. The van der Waals surface area contributed by atoms with Gasteiger partial charge in [0.2, 0.25) is 0 Å². The van der Waals surface area contributed by atoms with Crippen LogP contribution in [0.25, 0.3) is 12.2 Å². The van der Waals surface area contributed by atoms with Crippen molar-refractivity contribution in [3.8, 4) is 11.5 Å². The van der Waals surface area contributed by atoms with Gasteiger partial charge in [-0.05, 0) is 78.7 Å². The normalized spacial score (nSPS) is 10.8. The van der Waals surface area contributed by atoms with Crippen LogP contribution in [0.5, 0.6) is 11.5 Å². The van der Waals surface area contributed by atoms with Crippen molar-refractivity contribution in [3.05, 3.63) is 114 Å². The van der Waals surface area contributed by atoms with Crippen LogP contribution in [-0.2, 0) is 0 Å². The minimum atomic E-state index is 0.833. The second-order valence-electron chi connectivity index (χ2n) is 7.57. The van der Waals surface area contributed by atoms with Crippen LogP contribution in [0.15, 0.2) is 97.1 Å². The number of ether oxygens (including phenoxy) is 2. The van der Waals surface area contributed by atoms with Gasteiger partial charge in [0.15, 0.2) is 0 Å². The molecule has 0 spiro atoms. The molecule has 4 aromatic carbocycles. The highest BCUT2D eigenvalue weighted by molar-refractivity contribution is 5.78. The van der Waals surface area contributed by atoms with Crippen molar-refractivity contribution in [2.75, 3.05) is 19.1 Å². The number of methoxy groups -OCH3 is 2. The fourth-order valence-corrected chi connectivity index (χ4v) is 3.61. The molecule has 3 heteroatoms. The van der Waals surface area contributed by atoms with Crippen LogP contribution in [0.4, 0.5) is 17.1 Å². The lowest BCUT2D eigenvalue weighted by Gasteiger charge is -2.26. The standard InChI is InChI=1S/C29H27NO2/c1-22-5-4-6-24(21-22)8-7-23-9-11-25(12-10-23)30(26-13-17-28(31-2)18-14-26)27-15-19-29(32-3)20-16-27/h4-21H,1-3H3/b8-7+. The predicted octanol–water partition coefficient (Wildman–Crippen LogP) is 7.65. The maximum absolute atomic E-state index is 5.33. The Morgan fingerprint density at radius 1 is 0.562 bits per heavy atom. The lowest BCUT2D eigenvalue weighted by Crippen LogP contribution is -2.09. The van der Waals surface area contributed by atoms with Crippen molar-refractivity contribution in [3.63, 3.8) is 0 Å². The van der Waals surface area contributed by atoms with Crippen LogP contribution in [0.3, 0.4) is 0 Å². The van der Waals surface area contributed by atoms with Gasteiger partial charge in [-0.2, -0.15) is 0 Å². The second-order valence-corrected chi connectivity index (χ2v) is 7.57. The summed E-state index contributed by atoms with van der Waals surface area (Å²) in [4.78, 5) is 2.22. The van der Waals surface area contributed by atoms with Gasteiger partial charge in [-0.3, -0.25) is 0 Å². The molecule has 4 rings (SSSR count). The monoisotopic (exact) mass is 421 g/mol. The van der Waals surface area contributed by atoms with E-state index in [-0.39, 0.29) is 0 Å². The molecule has 0 amide bonds. The van der Waals surface area contributed by atoms with Gasteiger partial charge in [0, 0.05) is 17.1 Å². The molecule has 0 atom stereocenters. The zero-order valence-corrected chi connectivity index (χ0v) is 18.7. The molecule has 4 aromatic rings. The first kappa shape index (κ1) is 21.3. The number of rotatable bonds is 7. The van der Waals surface area contributed by atoms with Gasteiger partial charge < -0.3 is 14.4 Å². The molecule has 0 saturated carbocycles. The van der Waals surface area contributed by atoms with Gasteiger partial charge >= 0.3 is 0 Å². The number of benzene rings is 4. The van der Waals surface area contributed by atoms with Crippen molar-refractivity contribution in [1.82, 2.24) is 0 Å². The molecule has 0 unspecified atom stereocenters. The molecule has 0 fully saturated rings. The minimum absolute atomic E-state index is 0.833. The molecule has 0 aromatic heterocycles. The van der Waals surface area contributed by atoms with Gasteiger partial charge in [0.1, 0.15) is 11.5 Å². The maximum atomic E-state index is 5.33. The highest BCUT2D eigenvalue weighted by Crippen LogP contribution is 2.36. The van der Waals surface area contributed by atoms with Crippen molar-refractivity contribution in [1.29, 1.82) is 0 Å². The summed E-state index contributed by atoms with van der Waals surface area (Å²) in [6.45, 7) is 2.11. The summed E-state index contributed by atoms with van der Waals surface area (Å²) in [6.07, 6.45) is 4.29. The molecular weight excluding hydrogens is 394 g/mol. The maximum Gasteiger partial charge on any atom is 0.119 e. The van der Waals surface area contributed by atoms with E-state index in [2.05, 4.69) is 96.8 Å². The molecule has 32 heavy (non-hydrogen) atoms. The predicted molar refractivity (Wildman–Crippen MR) is 134 cm³/mol. The molecular formula is C29H27NO2. The minimum Gasteiger partial charge on any atom is -0.497 e. The van der Waals surface area contributed by atoms with Crippen molar-refractivity contribution < 1.29 is 9.47 Å². The number of hydrogen-bond donors (Lipinski definition) is 0. The zero-order valence-electron chi connectivity index (χ0n) is 18.7. The van der Waals surface area contributed by atoms with Crippen LogP contribution >= 0.6 is 0 Å². The number of aryl methyl sites for hydroxylation is 1. The SMILES string of the molecule is COc1ccc(N(c2ccc(/C=C/c3cccc(C)c3)cc2)c2ccc(OC)cc2)cc1. The Labute approximate surface area is 190 Å². The van der Waals surface area contributed by atoms with E-state index < -0.39 is 0 Å². The summed E-state index contributed by atoms with van der Waals surface area (Å²) >= 11 is 0. The molecule has 0 N–H and O–H groups in total. The third-order valence-electron chi connectivity index (χ3n) is 5.32. The summed E-state index contributed by atoms with van der Waals surface area (Å²) in [5, 5.41) is 0. The van der Waals surface area contributed by atoms with E-state index in [4.69, 9.17) is 9.47 Å². The Morgan fingerprint density at radius 3 is 1.50 bits per heavy atom. The van der Waals surface area contributed by atoms with Gasteiger partial charge in [-0.25, -0.2) is 0 Å². The fraction of sp³-hybridized carbons (Fsp3) is 0.103. The van der Waals surface area contributed by atoms with Crippen molar-refractivity contribution >= 4 is 29.2 Å². The zero-order chi connectivity index (χ0) is 22.3. The van der Waals surface area contributed by atoms with E-state index in [0.29, 0.717) is 0 Å². The largest absolute Gasteiger partial charge is 0.497 e. The first-order valence-electron chi connectivity index (χ1n) is 10.6. The third-order valence-corrected chi connectivity index (χ3v) is 5.32. The first-order chi connectivity index (χ1) is 15.7. The summed E-state index contributed by atoms with van der Waals surface area (Å²) in [5.74, 6) is 1.67. The molecule has 0 aliphatic carbocycles. The van der Waals surface area contributed by atoms with Crippen LogP contribution in [0.2, 0.25) is 0 Å². The lowest BCUT2D eigenvalue weighted by molar-refractivity contribution is 0.415. The second kappa shape index (κ2) is 9.88. The Morgan fingerprint density at radius 2 is 1.03 bits per heavy atom. The van der Waals surface area contributed by atoms with Gasteiger partial charge in [-0.15, -0.1) is 0 Å². The van der Waals surface area contributed by atoms with Crippen molar-refractivity contribution in [2.45, 2.75) is 6.92 Å². The molecule has 0 aliphatic rings. The highest BCUT2D eigenvalue weighted by atomic mass is 16.5. The topological polar surface area (TPSA) is 21.7 Å². The van der Waals surface area contributed by atoms with Crippen LogP contribution in [-0.4, -0.2) is 14.2 Å². The van der Waals surface area contributed by atoms with Gasteiger partial charge in [0.05, 0.1) is 14.2 Å². The van der Waals surface area contributed by atoms with Crippen LogP contribution < -0.4 is 14.4 Å². The summed E-state index contributed by atoms with van der Waals surface area (Å²) < 4.78 is 10.7. The van der Waals surface area contributed by atoms with Crippen LogP contribution in [0, 0.1) is 6.92 Å². The summed E-state index contributed by atoms with van der Waals surface area (Å²) in [7, 11) is 3.36. The van der Waals surface area contributed by atoms with Gasteiger partial charge in [-0.1, -0.05) is 54.1 Å². The summed E-state index contributed by atoms with van der Waals surface area (Å²) in [6, 6.07) is 33.2. The molecule has 0 aliphatic heterocycles. The van der Waals surface area contributed by atoms with Gasteiger partial charge in [0.25, 0.3) is 0 Å². The third kappa shape index (κ3) is 5.01. The lowest BCUT2D eigenvalue weighted by atomic mass is 10.1. The average Bonchev–Trinajstić information content (AvgIpc) is 2.84. The Bertz CT molecular complexity index is 1130. The molecule has 0 bridgehead atoms. The molecule has 0 radical (unpaired) electrons. The quantitative estimate of drug-likeness (QED) is 0.286. The highest BCUT2D eigenvalue weighted by Gasteiger charge is 2.12. The fourth-order valence-electron chi connectivity index (χ4n) is 3.61. The molecule has 0 saturated heterocycles. The molecule has 160 valence electrons. The van der Waals surface area contributed by atoms with Crippen LogP contribution in [0.1, 0.15) is 16.7 Å². The van der Waals surface area contributed by atoms with E-state index in [9.17, 15) is 0 Å².